The molecule has 0 saturated carbocycles. The SMILES string of the molecule is CC(=O)Nc1ccc(C(=O)O[C@H](C)C(=O)Nc2cccc(Cl)c2)cc1. The van der Waals surface area contributed by atoms with Crippen LogP contribution in [0.1, 0.15) is 24.2 Å². The van der Waals surface area contributed by atoms with E-state index in [4.69, 9.17) is 16.3 Å². The molecule has 0 aliphatic carbocycles. The Morgan fingerprint density at radius 3 is 2.28 bits per heavy atom. The lowest BCUT2D eigenvalue weighted by Gasteiger charge is -2.14. The summed E-state index contributed by atoms with van der Waals surface area (Å²) in [5.74, 6) is -1.31. The van der Waals surface area contributed by atoms with Gasteiger partial charge in [-0.05, 0) is 49.4 Å². The molecule has 6 nitrogen and oxygen atoms in total. The molecule has 2 N–H and O–H groups in total. The fourth-order valence-corrected chi connectivity index (χ4v) is 2.18. The van der Waals surface area contributed by atoms with Crippen molar-refractivity contribution in [3.8, 4) is 0 Å². The van der Waals surface area contributed by atoms with Gasteiger partial charge in [0.25, 0.3) is 5.91 Å². The number of amides is 2. The summed E-state index contributed by atoms with van der Waals surface area (Å²) in [5.41, 5.74) is 1.35. The first-order valence-electron chi connectivity index (χ1n) is 7.50. The van der Waals surface area contributed by atoms with Gasteiger partial charge in [-0.25, -0.2) is 4.79 Å². The van der Waals surface area contributed by atoms with E-state index in [0.717, 1.165) is 0 Å². The molecule has 2 aromatic carbocycles. The molecule has 0 unspecified atom stereocenters. The maximum Gasteiger partial charge on any atom is 0.338 e. The minimum atomic E-state index is -0.985. The van der Waals surface area contributed by atoms with Crippen molar-refractivity contribution in [1.82, 2.24) is 0 Å². The predicted octanol–water partition coefficient (Wildman–Crippen LogP) is 3.48. The van der Waals surface area contributed by atoms with Crippen LogP contribution < -0.4 is 10.6 Å². The van der Waals surface area contributed by atoms with Crippen molar-refractivity contribution in [1.29, 1.82) is 0 Å². The molecule has 0 heterocycles. The Labute approximate surface area is 150 Å². The number of benzene rings is 2. The number of nitrogens with one attached hydrogen (secondary N) is 2. The van der Waals surface area contributed by atoms with Crippen molar-refractivity contribution in [3.05, 3.63) is 59.1 Å². The smallest absolute Gasteiger partial charge is 0.338 e. The second-order valence-corrected chi connectivity index (χ2v) is 5.74. The van der Waals surface area contributed by atoms with Crippen LogP contribution in [0, 0.1) is 0 Å². The van der Waals surface area contributed by atoms with Gasteiger partial charge in [0, 0.05) is 23.3 Å². The third-order valence-electron chi connectivity index (χ3n) is 3.19. The molecule has 7 heteroatoms. The van der Waals surface area contributed by atoms with Gasteiger partial charge >= 0.3 is 5.97 Å². The van der Waals surface area contributed by atoms with Crippen LogP contribution in [-0.2, 0) is 14.3 Å². The van der Waals surface area contributed by atoms with Gasteiger partial charge < -0.3 is 15.4 Å². The zero-order chi connectivity index (χ0) is 18.4. The number of carbonyl (C=O) groups excluding carboxylic acids is 3. The Balaban J connectivity index is 1.94. The molecule has 0 fully saturated rings. The van der Waals surface area contributed by atoms with Gasteiger partial charge in [0.2, 0.25) is 5.91 Å². The molecule has 0 saturated heterocycles. The molecule has 130 valence electrons. The van der Waals surface area contributed by atoms with E-state index in [1.165, 1.54) is 26.0 Å². The van der Waals surface area contributed by atoms with Crippen LogP contribution in [0.2, 0.25) is 5.02 Å². The maximum absolute atomic E-state index is 12.1. The second-order valence-electron chi connectivity index (χ2n) is 5.31. The lowest BCUT2D eigenvalue weighted by atomic mass is 10.2. The molecule has 0 spiro atoms. The van der Waals surface area contributed by atoms with Crippen LogP contribution in [0.15, 0.2) is 48.5 Å². The first-order valence-corrected chi connectivity index (χ1v) is 7.88. The lowest BCUT2D eigenvalue weighted by Crippen LogP contribution is -2.30. The van der Waals surface area contributed by atoms with E-state index in [1.807, 2.05) is 0 Å². The van der Waals surface area contributed by atoms with Crippen LogP contribution in [0.25, 0.3) is 0 Å². The number of ether oxygens (including phenoxy) is 1. The largest absolute Gasteiger partial charge is 0.449 e. The average Bonchev–Trinajstić information content (AvgIpc) is 2.54. The topological polar surface area (TPSA) is 84.5 Å². The minimum absolute atomic E-state index is 0.207. The van der Waals surface area contributed by atoms with Crippen molar-refractivity contribution in [2.45, 2.75) is 20.0 Å². The molecule has 2 aromatic rings. The van der Waals surface area contributed by atoms with Crippen LogP contribution >= 0.6 is 11.6 Å². The van der Waals surface area contributed by atoms with Gasteiger partial charge in [0.1, 0.15) is 0 Å². The molecular formula is C18H17ClN2O4. The monoisotopic (exact) mass is 360 g/mol. The van der Waals surface area contributed by atoms with Gasteiger partial charge in [0.05, 0.1) is 5.56 Å². The van der Waals surface area contributed by atoms with E-state index in [2.05, 4.69) is 10.6 Å². The number of esters is 1. The highest BCUT2D eigenvalue weighted by molar-refractivity contribution is 6.30. The summed E-state index contributed by atoms with van der Waals surface area (Å²) in [5, 5.41) is 5.71. The van der Waals surface area contributed by atoms with Gasteiger partial charge in [-0.2, -0.15) is 0 Å². The summed E-state index contributed by atoms with van der Waals surface area (Å²) in [6.07, 6.45) is -0.985. The van der Waals surface area contributed by atoms with Crippen molar-refractivity contribution >= 4 is 40.8 Å². The van der Waals surface area contributed by atoms with Crippen molar-refractivity contribution in [2.75, 3.05) is 10.6 Å². The summed E-state index contributed by atoms with van der Waals surface area (Å²) in [6.45, 7) is 2.87. The Morgan fingerprint density at radius 1 is 1.00 bits per heavy atom. The second kappa shape index (κ2) is 8.30. The number of hydrogen-bond donors (Lipinski definition) is 2. The van der Waals surface area contributed by atoms with E-state index < -0.39 is 18.0 Å². The van der Waals surface area contributed by atoms with Crippen molar-refractivity contribution in [2.24, 2.45) is 0 Å². The third-order valence-corrected chi connectivity index (χ3v) is 3.42. The van der Waals surface area contributed by atoms with Crippen LogP contribution in [0.5, 0.6) is 0 Å². The summed E-state index contributed by atoms with van der Waals surface area (Å²) in [4.78, 5) is 35.1. The Morgan fingerprint density at radius 2 is 1.68 bits per heavy atom. The van der Waals surface area contributed by atoms with E-state index in [0.29, 0.717) is 16.4 Å². The maximum atomic E-state index is 12.1. The number of carbonyl (C=O) groups is 3. The Hall–Kier alpha value is -2.86. The molecule has 0 aliphatic rings. The summed E-state index contributed by atoms with van der Waals surface area (Å²) >= 11 is 5.85. The number of hydrogen-bond acceptors (Lipinski definition) is 4. The number of halogens is 1. The average molecular weight is 361 g/mol. The fourth-order valence-electron chi connectivity index (χ4n) is 1.99. The zero-order valence-corrected chi connectivity index (χ0v) is 14.5. The van der Waals surface area contributed by atoms with Gasteiger partial charge in [-0.15, -0.1) is 0 Å². The summed E-state index contributed by atoms with van der Waals surface area (Å²) in [6, 6.07) is 12.8. The van der Waals surface area contributed by atoms with Crippen LogP contribution in [0.3, 0.4) is 0 Å². The first kappa shape index (κ1) is 18.5. The Kier molecular flexibility index (Phi) is 6.14. The number of anilines is 2. The Bertz CT molecular complexity index is 790. The van der Waals surface area contributed by atoms with E-state index in [1.54, 1.807) is 36.4 Å². The quantitative estimate of drug-likeness (QED) is 0.799. The molecule has 0 radical (unpaired) electrons. The van der Waals surface area contributed by atoms with Crippen LogP contribution in [-0.4, -0.2) is 23.9 Å². The lowest BCUT2D eigenvalue weighted by molar-refractivity contribution is -0.123. The highest BCUT2D eigenvalue weighted by Gasteiger charge is 2.19. The predicted molar refractivity (Wildman–Crippen MR) is 95.7 cm³/mol. The van der Waals surface area contributed by atoms with E-state index in [9.17, 15) is 14.4 Å². The summed E-state index contributed by atoms with van der Waals surface area (Å²) < 4.78 is 5.15. The van der Waals surface area contributed by atoms with E-state index in [-0.39, 0.29) is 11.5 Å². The van der Waals surface area contributed by atoms with Crippen molar-refractivity contribution < 1.29 is 19.1 Å². The first-order chi connectivity index (χ1) is 11.8. The molecule has 0 aliphatic heterocycles. The minimum Gasteiger partial charge on any atom is -0.449 e. The molecule has 0 aromatic heterocycles. The van der Waals surface area contributed by atoms with Gasteiger partial charge in [0.15, 0.2) is 6.10 Å². The molecule has 0 bridgehead atoms. The molecular weight excluding hydrogens is 344 g/mol. The molecule has 1 atom stereocenters. The van der Waals surface area contributed by atoms with Crippen molar-refractivity contribution in [3.63, 3.8) is 0 Å². The highest BCUT2D eigenvalue weighted by Crippen LogP contribution is 2.16. The summed E-state index contributed by atoms with van der Waals surface area (Å²) in [7, 11) is 0. The standard InChI is InChI=1S/C18H17ClN2O4/c1-11(17(23)21-16-5-3-4-14(19)10-16)25-18(24)13-6-8-15(9-7-13)20-12(2)22/h3-11H,1-2H3,(H,20,22)(H,21,23)/t11-/m1/s1. The molecule has 2 amide bonds. The van der Waals surface area contributed by atoms with E-state index >= 15 is 0 Å². The van der Waals surface area contributed by atoms with Gasteiger partial charge in [-0.1, -0.05) is 17.7 Å². The van der Waals surface area contributed by atoms with Gasteiger partial charge in [-0.3, -0.25) is 9.59 Å². The molecule has 25 heavy (non-hydrogen) atoms. The normalized spacial score (nSPS) is 11.3. The highest BCUT2D eigenvalue weighted by atomic mass is 35.5. The molecule has 2 rings (SSSR count). The van der Waals surface area contributed by atoms with Crippen LogP contribution in [0.4, 0.5) is 11.4 Å². The number of rotatable bonds is 5. The zero-order valence-electron chi connectivity index (χ0n) is 13.7. The fraction of sp³-hybridized carbons (Fsp3) is 0.167. The third kappa shape index (κ3) is 5.61.